The fourth-order valence-electron chi connectivity index (χ4n) is 5.32. The Labute approximate surface area is 228 Å². The molecule has 0 saturated carbocycles. The molecule has 4 N–H and O–H groups in total. The van der Waals surface area contributed by atoms with E-state index in [0.29, 0.717) is 31.9 Å². The van der Waals surface area contributed by atoms with Gasteiger partial charge in [0.05, 0.1) is 29.6 Å². The van der Waals surface area contributed by atoms with Gasteiger partial charge in [-0.1, -0.05) is 0 Å². The van der Waals surface area contributed by atoms with Crippen molar-refractivity contribution in [2.75, 3.05) is 56.1 Å². The standard InChI is InChI=1S/C28H37N7O4/c1-28(2)15-19-13-22(33-27(37)21(16-29)26-30-6-4-7-31-26)23(14-24(19)39-28)35-10-8-34(9-11-35)18-25(36)32-17-20-5-3-12-38-20/h4,6-7,13-14,16,20H,3,5,8-12,15,17-18,29H2,1-2H3,(H,32,36)(H,33,37). The Bertz CT molecular complexity index is 1220. The summed E-state index contributed by atoms with van der Waals surface area (Å²) < 4.78 is 11.8. The van der Waals surface area contributed by atoms with E-state index in [9.17, 15) is 9.59 Å². The van der Waals surface area contributed by atoms with Gasteiger partial charge in [-0.05, 0) is 38.8 Å². The lowest BCUT2D eigenvalue weighted by atomic mass is 10.0. The van der Waals surface area contributed by atoms with E-state index in [4.69, 9.17) is 15.2 Å². The quantitative estimate of drug-likeness (QED) is 0.430. The Hall–Kier alpha value is -3.70. The minimum absolute atomic E-state index is 0.0179. The zero-order chi connectivity index (χ0) is 27.4. The normalized spacial score (nSPS) is 20.8. The van der Waals surface area contributed by atoms with Crippen LogP contribution in [-0.2, 0) is 20.7 Å². The van der Waals surface area contributed by atoms with Gasteiger partial charge in [-0.15, -0.1) is 0 Å². The number of hydrogen-bond acceptors (Lipinski definition) is 9. The highest BCUT2D eigenvalue weighted by atomic mass is 16.5. The summed E-state index contributed by atoms with van der Waals surface area (Å²) >= 11 is 0. The molecule has 4 heterocycles. The van der Waals surface area contributed by atoms with Crippen LogP contribution in [0.2, 0.25) is 0 Å². The van der Waals surface area contributed by atoms with E-state index in [1.165, 1.54) is 6.20 Å². The fraction of sp³-hybridized carbons (Fsp3) is 0.500. The third-order valence-corrected chi connectivity index (χ3v) is 7.28. The first kappa shape index (κ1) is 26.9. The zero-order valence-corrected chi connectivity index (χ0v) is 22.6. The van der Waals surface area contributed by atoms with Gasteiger partial charge in [-0.25, -0.2) is 9.97 Å². The second-order valence-corrected chi connectivity index (χ2v) is 10.8. The molecule has 1 atom stereocenters. The number of amides is 2. The van der Waals surface area contributed by atoms with Gasteiger partial charge >= 0.3 is 0 Å². The van der Waals surface area contributed by atoms with Crippen molar-refractivity contribution in [1.29, 1.82) is 0 Å². The minimum atomic E-state index is -0.385. The maximum atomic E-state index is 13.3. The molecule has 3 aliphatic heterocycles. The highest BCUT2D eigenvalue weighted by Gasteiger charge is 2.33. The molecule has 3 aliphatic rings. The first-order chi connectivity index (χ1) is 18.8. The molecule has 5 rings (SSSR count). The number of aromatic nitrogens is 2. The predicted octanol–water partition coefficient (Wildman–Crippen LogP) is 1.55. The van der Waals surface area contributed by atoms with Crippen molar-refractivity contribution < 1.29 is 19.1 Å². The largest absolute Gasteiger partial charge is 0.487 e. The number of piperazine rings is 1. The van der Waals surface area contributed by atoms with Crippen molar-refractivity contribution >= 4 is 28.8 Å². The van der Waals surface area contributed by atoms with Crippen LogP contribution in [0.1, 0.15) is 38.1 Å². The highest BCUT2D eigenvalue weighted by molar-refractivity contribution is 6.24. The molecule has 208 valence electrons. The molecular weight excluding hydrogens is 498 g/mol. The van der Waals surface area contributed by atoms with Crippen LogP contribution in [0, 0.1) is 0 Å². The van der Waals surface area contributed by atoms with Crippen LogP contribution >= 0.6 is 0 Å². The molecule has 39 heavy (non-hydrogen) atoms. The molecule has 1 unspecified atom stereocenters. The van der Waals surface area contributed by atoms with E-state index < -0.39 is 0 Å². The molecule has 0 bridgehead atoms. The van der Waals surface area contributed by atoms with Gasteiger partial charge in [-0.3, -0.25) is 14.5 Å². The average molecular weight is 536 g/mol. The fourth-order valence-corrected chi connectivity index (χ4v) is 5.32. The van der Waals surface area contributed by atoms with Crippen molar-refractivity contribution in [2.24, 2.45) is 5.73 Å². The molecule has 0 radical (unpaired) electrons. The van der Waals surface area contributed by atoms with Gasteiger partial charge < -0.3 is 30.7 Å². The van der Waals surface area contributed by atoms with Crippen LogP contribution in [0.5, 0.6) is 5.75 Å². The molecular formula is C28H37N7O4. The van der Waals surface area contributed by atoms with E-state index in [-0.39, 0.29) is 34.9 Å². The molecule has 11 heteroatoms. The first-order valence-corrected chi connectivity index (χ1v) is 13.5. The van der Waals surface area contributed by atoms with Gasteiger partial charge in [0.25, 0.3) is 5.91 Å². The number of hydrogen-bond donors (Lipinski definition) is 3. The second kappa shape index (κ2) is 11.6. The summed E-state index contributed by atoms with van der Waals surface area (Å²) in [5.74, 6) is 0.718. The van der Waals surface area contributed by atoms with Crippen LogP contribution < -0.4 is 26.0 Å². The summed E-state index contributed by atoms with van der Waals surface area (Å²) in [6.45, 7) is 8.64. The van der Waals surface area contributed by atoms with Crippen molar-refractivity contribution in [2.45, 2.75) is 44.8 Å². The highest BCUT2D eigenvalue weighted by Crippen LogP contribution is 2.42. The third-order valence-electron chi connectivity index (χ3n) is 7.28. The monoisotopic (exact) mass is 535 g/mol. The molecule has 0 spiro atoms. The number of carbonyl (C=O) groups is 2. The molecule has 0 aliphatic carbocycles. The van der Waals surface area contributed by atoms with E-state index in [1.54, 1.807) is 18.5 Å². The Kier molecular flexibility index (Phi) is 7.99. The molecule has 2 fully saturated rings. The molecule has 1 aromatic heterocycles. The first-order valence-electron chi connectivity index (χ1n) is 13.5. The molecule has 2 saturated heterocycles. The van der Waals surface area contributed by atoms with Crippen molar-refractivity contribution in [3.8, 4) is 5.75 Å². The van der Waals surface area contributed by atoms with Gasteiger partial charge in [0, 0.05) is 76.0 Å². The SMILES string of the molecule is CC1(C)Cc2cc(NC(=O)C(=CN)c3ncccn3)c(N3CCN(CC(=O)NCC4CCCO4)CC3)cc2O1. The summed E-state index contributed by atoms with van der Waals surface area (Å²) in [4.78, 5) is 38.5. The number of rotatable bonds is 8. The average Bonchev–Trinajstić information content (AvgIpc) is 3.54. The van der Waals surface area contributed by atoms with Gasteiger partial charge in [0.1, 0.15) is 11.4 Å². The number of nitrogens with zero attached hydrogens (tertiary/aromatic N) is 4. The summed E-state index contributed by atoms with van der Waals surface area (Å²) in [5.41, 5.74) is 8.25. The summed E-state index contributed by atoms with van der Waals surface area (Å²) in [5, 5.41) is 6.05. The van der Waals surface area contributed by atoms with Crippen LogP contribution in [0.15, 0.2) is 36.8 Å². The van der Waals surface area contributed by atoms with E-state index in [2.05, 4.69) is 44.2 Å². The topological polar surface area (TPSA) is 135 Å². The summed E-state index contributed by atoms with van der Waals surface area (Å²) in [6, 6.07) is 5.68. The smallest absolute Gasteiger partial charge is 0.261 e. The Morgan fingerprint density at radius 3 is 2.64 bits per heavy atom. The van der Waals surface area contributed by atoms with Crippen LogP contribution in [0.4, 0.5) is 11.4 Å². The van der Waals surface area contributed by atoms with Crippen LogP contribution in [-0.4, -0.2) is 84.3 Å². The zero-order valence-electron chi connectivity index (χ0n) is 22.6. The van der Waals surface area contributed by atoms with E-state index in [1.807, 2.05) is 12.1 Å². The number of nitrogens with one attached hydrogen (secondary N) is 2. The van der Waals surface area contributed by atoms with Crippen molar-refractivity contribution in [3.63, 3.8) is 0 Å². The maximum Gasteiger partial charge on any atom is 0.261 e. The number of fused-ring (bicyclic) bond motifs is 1. The Morgan fingerprint density at radius 1 is 1.18 bits per heavy atom. The third kappa shape index (κ3) is 6.48. The predicted molar refractivity (Wildman–Crippen MR) is 148 cm³/mol. The minimum Gasteiger partial charge on any atom is -0.487 e. The summed E-state index contributed by atoms with van der Waals surface area (Å²) in [7, 11) is 0. The maximum absolute atomic E-state index is 13.3. The van der Waals surface area contributed by atoms with Crippen molar-refractivity contribution in [3.05, 3.63) is 48.2 Å². The summed E-state index contributed by atoms with van der Waals surface area (Å²) in [6.07, 6.45) is 7.30. The lowest BCUT2D eigenvalue weighted by Crippen LogP contribution is -2.50. The number of nitrogens with two attached hydrogens (primary N) is 1. The number of ether oxygens (including phenoxy) is 2. The lowest BCUT2D eigenvalue weighted by molar-refractivity contribution is -0.122. The van der Waals surface area contributed by atoms with Gasteiger partial charge in [-0.2, -0.15) is 0 Å². The van der Waals surface area contributed by atoms with Crippen molar-refractivity contribution in [1.82, 2.24) is 20.2 Å². The van der Waals surface area contributed by atoms with Gasteiger partial charge in [0.15, 0.2) is 5.82 Å². The number of carbonyl (C=O) groups excluding carboxylic acids is 2. The molecule has 2 amide bonds. The number of anilines is 2. The van der Waals surface area contributed by atoms with Gasteiger partial charge in [0.2, 0.25) is 5.91 Å². The second-order valence-electron chi connectivity index (χ2n) is 10.8. The van der Waals surface area contributed by atoms with Crippen LogP contribution in [0.3, 0.4) is 0 Å². The molecule has 1 aromatic carbocycles. The van der Waals surface area contributed by atoms with E-state index in [0.717, 1.165) is 56.0 Å². The molecule has 2 aromatic rings. The molecule has 11 nitrogen and oxygen atoms in total. The number of benzene rings is 1. The Morgan fingerprint density at radius 2 is 1.95 bits per heavy atom. The Balaban J connectivity index is 1.27. The van der Waals surface area contributed by atoms with Crippen LogP contribution in [0.25, 0.3) is 5.57 Å². The lowest BCUT2D eigenvalue weighted by Gasteiger charge is -2.36. The van der Waals surface area contributed by atoms with E-state index >= 15 is 0 Å².